The van der Waals surface area contributed by atoms with Crippen LogP contribution in [0.25, 0.3) is 43.4 Å². The Labute approximate surface area is 479 Å². The molecule has 0 saturated carbocycles. The molecule has 1 aromatic carbocycles. The molecule has 0 spiro atoms. The molecular weight excluding hydrogens is 1150 g/mol. The molecule has 8 heterocycles. The van der Waals surface area contributed by atoms with Gasteiger partial charge in [0.05, 0.1) is 48.6 Å². The quantitative estimate of drug-likeness (QED) is 0.0604. The topological polar surface area (TPSA) is 332 Å². The lowest BCUT2D eigenvalue weighted by Gasteiger charge is -2.23. The maximum Gasteiger partial charge on any atom is 0.303 e. The van der Waals surface area contributed by atoms with E-state index in [1.54, 1.807) is 70.9 Å². The number of nitrogens with zero attached hydrogens (tertiary/aromatic N) is 7. The number of benzene rings is 1. The number of carboxylic acids is 1. The first-order valence-electron chi connectivity index (χ1n) is 24.4. The summed E-state index contributed by atoms with van der Waals surface area (Å²) in [7, 11) is 2.93. The lowest BCUT2D eigenvalue weighted by atomic mass is 10.0. The van der Waals surface area contributed by atoms with Crippen LogP contribution in [0, 0.1) is 12.8 Å². The molecule has 414 valence electrons. The highest BCUT2D eigenvalue weighted by molar-refractivity contribution is 7.15. The van der Waals surface area contributed by atoms with Crippen molar-refractivity contribution >= 4 is 115 Å². The Morgan fingerprint density at radius 2 is 1.40 bits per heavy atom. The highest BCUT2D eigenvalue weighted by Gasteiger charge is 2.33. The number of carbonyl (C=O) groups excluding carboxylic acids is 6. The second kappa shape index (κ2) is 25.2. The molecule has 1 aliphatic rings. The number of anilines is 1. The number of aromatic nitrogens is 7. The predicted molar refractivity (Wildman–Crippen MR) is 302 cm³/mol. The average molecular weight is 1200 g/mol. The van der Waals surface area contributed by atoms with Crippen LogP contribution in [-0.4, -0.2) is 107 Å². The smallest absolute Gasteiger partial charge is 0.303 e. The van der Waals surface area contributed by atoms with Crippen molar-refractivity contribution in [1.82, 2.24) is 61.5 Å². The van der Waals surface area contributed by atoms with Gasteiger partial charge in [0.2, 0.25) is 17.7 Å². The van der Waals surface area contributed by atoms with Crippen LogP contribution in [0.5, 0.6) is 0 Å². The maximum absolute atomic E-state index is 14.2. The van der Waals surface area contributed by atoms with E-state index >= 15 is 0 Å². The number of nitrogens with one attached hydrogen (secondary N) is 6. The Balaban J connectivity index is 1.12. The highest BCUT2D eigenvalue weighted by Crippen LogP contribution is 2.40. The summed E-state index contributed by atoms with van der Waals surface area (Å²) in [5.41, 5.74) is 2.56. The summed E-state index contributed by atoms with van der Waals surface area (Å²) in [6.45, 7) is 4.93. The number of rotatable bonds is 12. The number of carbonyl (C=O) groups is 7. The highest BCUT2D eigenvalue weighted by atomic mass is 32.1. The molecule has 8 N–H and O–H groups in total. The third-order valence-electron chi connectivity index (χ3n) is 12.1. The number of amides is 6. The molecule has 1 aliphatic heterocycles. The van der Waals surface area contributed by atoms with Crippen molar-refractivity contribution in [3.05, 3.63) is 111 Å². The zero-order valence-electron chi connectivity index (χ0n) is 43.0. The lowest BCUT2D eigenvalue weighted by molar-refractivity contribution is -0.138. The number of aliphatic hydroxyl groups is 1. The van der Waals surface area contributed by atoms with E-state index in [1.165, 1.54) is 48.2 Å². The fourth-order valence-corrected chi connectivity index (χ4v) is 13.6. The number of ether oxygens (including phenoxy) is 1. The molecule has 29 heteroatoms. The first kappa shape index (κ1) is 57.1. The summed E-state index contributed by atoms with van der Waals surface area (Å²) in [5, 5.41) is 46.5. The number of hydrogen-bond acceptors (Lipinski definition) is 22. The average Bonchev–Trinajstić information content (AvgIpc) is 4.33. The van der Waals surface area contributed by atoms with Crippen LogP contribution in [0.4, 0.5) is 5.82 Å². The van der Waals surface area contributed by atoms with Crippen molar-refractivity contribution in [3.8, 4) is 43.4 Å². The van der Waals surface area contributed by atoms with E-state index < -0.39 is 72.2 Å². The lowest BCUT2D eigenvalue weighted by Crippen LogP contribution is -2.40. The van der Waals surface area contributed by atoms with Crippen LogP contribution in [0.1, 0.15) is 119 Å². The van der Waals surface area contributed by atoms with Gasteiger partial charge in [0.1, 0.15) is 82.2 Å². The minimum Gasteiger partial charge on any atom is -0.481 e. The number of aliphatic hydroxyl groups excluding tert-OH is 1. The summed E-state index contributed by atoms with van der Waals surface area (Å²) >= 11 is 7.07. The number of aliphatic carboxylic acids is 1. The number of fused-ring (bicyclic) bond motifs is 14. The standard InChI is InChI=1S/C51H49N13O10S6/c1-22(2)37-51-64-40(31(80-51)17-74-5)44(72)53-16-35(67)61-41(42(70)24-9-7-6-8-10-24)50-58-30(20-77-50)48-56-28(18-76-48)39-25(11-12-26(54-39)47-60-32(21-78-47)59-33(65)13-14-36(68)69)46-57-29(19-75-46)43(71)55-27(15-34(66)52-4)49-63-38(23(3)79-49)45(73)62-37/h6-12,18-22,27,37,41-42,70H,13-17H2,1-5H3,(H,52,66)(H,53,72)(H,55,71)(H,59,65)(H,61,67)(H,62,73)(H,68,69)/t27-,37-,41-,42-/m0/s1. The van der Waals surface area contributed by atoms with Crippen molar-refractivity contribution in [2.24, 2.45) is 5.92 Å². The SMILES string of the molecule is CNC(=O)C[C@@H]1NC(=O)c2csc(n2)-c2ccc(-c3nc(NC(=O)CCC(=O)O)cs3)nc2-c2csc(n2)-c2csc(n2)[C@H]([C@@H](O)c2ccccc2)NC(=O)CNC(=O)c2nc(sc2COC)[C@H](C(C)C)NC(=O)c2nc1sc2C. The molecule has 0 fully saturated rings. The maximum atomic E-state index is 14.2. The third kappa shape index (κ3) is 13.2. The van der Waals surface area contributed by atoms with Crippen LogP contribution in [0.3, 0.4) is 0 Å². The van der Waals surface area contributed by atoms with E-state index in [2.05, 4.69) is 46.9 Å². The van der Waals surface area contributed by atoms with E-state index in [0.29, 0.717) is 68.7 Å². The predicted octanol–water partition coefficient (Wildman–Crippen LogP) is 7.12. The molecule has 7 aromatic heterocycles. The van der Waals surface area contributed by atoms with E-state index in [4.69, 9.17) is 29.8 Å². The van der Waals surface area contributed by atoms with Crippen LogP contribution in [0.15, 0.2) is 64.0 Å². The fraction of sp³-hybridized carbons (Fsp3) is 0.294. The number of hydrogen-bond donors (Lipinski definition) is 8. The van der Waals surface area contributed by atoms with Gasteiger partial charge in [0.25, 0.3) is 17.7 Å². The summed E-state index contributed by atoms with van der Waals surface area (Å²) in [5.74, 6) is -4.60. The van der Waals surface area contributed by atoms with Gasteiger partial charge in [-0.2, -0.15) is 0 Å². The molecule has 0 unspecified atom stereocenters. The largest absolute Gasteiger partial charge is 0.481 e. The zero-order chi connectivity index (χ0) is 56.8. The molecule has 23 nitrogen and oxygen atoms in total. The second-order valence-corrected chi connectivity index (χ2v) is 23.9. The minimum atomic E-state index is -1.28. The fourth-order valence-electron chi connectivity index (χ4n) is 8.07. The van der Waals surface area contributed by atoms with Gasteiger partial charge in [-0.1, -0.05) is 44.2 Å². The monoisotopic (exact) mass is 1200 g/mol. The summed E-state index contributed by atoms with van der Waals surface area (Å²) in [4.78, 5) is 127. The number of aryl methyl sites for hydroxylation is 1. The first-order chi connectivity index (χ1) is 38.5. The Morgan fingerprint density at radius 3 is 2.15 bits per heavy atom. The Hall–Kier alpha value is -7.64. The summed E-state index contributed by atoms with van der Waals surface area (Å²) < 4.78 is 5.44. The zero-order valence-corrected chi connectivity index (χ0v) is 47.9. The van der Waals surface area contributed by atoms with Crippen LogP contribution >= 0.6 is 68.0 Å². The molecule has 8 aromatic rings. The first-order valence-corrected chi connectivity index (χ1v) is 29.6. The number of carboxylic acid groups (broad SMARTS) is 1. The number of thiazole rings is 6. The van der Waals surface area contributed by atoms with Gasteiger partial charge in [0.15, 0.2) is 0 Å². The van der Waals surface area contributed by atoms with Gasteiger partial charge in [0, 0.05) is 52.5 Å². The van der Waals surface area contributed by atoms with Gasteiger partial charge in [-0.3, -0.25) is 33.6 Å². The van der Waals surface area contributed by atoms with Gasteiger partial charge < -0.3 is 46.9 Å². The molecule has 4 atom stereocenters. The second-order valence-electron chi connectivity index (χ2n) is 18.1. The molecule has 9 rings (SSSR count). The Morgan fingerprint density at radius 1 is 0.688 bits per heavy atom. The van der Waals surface area contributed by atoms with E-state index in [9.17, 15) is 38.7 Å². The molecular formula is C51H49N13O10S6. The van der Waals surface area contributed by atoms with E-state index in [1.807, 2.05) is 13.8 Å². The van der Waals surface area contributed by atoms with Crippen molar-refractivity contribution in [3.63, 3.8) is 0 Å². The number of methoxy groups -OCH3 is 1. The van der Waals surface area contributed by atoms with Gasteiger partial charge >= 0.3 is 5.97 Å². The van der Waals surface area contributed by atoms with Crippen molar-refractivity contribution < 1.29 is 48.5 Å². The molecule has 6 amide bonds. The molecule has 0 aliphatic carbocycles. The summed E-state index contributed by atoms with van der Waals surface area (Å²) in [6.07, 6.45) is -2.10. The van der Waals surface area contributed by atoms with E-state index in [-0.39, 0.29) is 59.7 Å². The van der Waals surface area contributed by atoms with Crippen molar-refractivity contribution in [2.45, 2.75) is 70.9 Å². The minimum absolute atomic E-state index is 0.00173. The van der Waals surface area contributed by atoms with Gasteiger partial charge in [-0.05, 0) is 30.5 Å². The normalized spacial score (nSPS) is 16.5. The Kier molecular flexibility index (Phi) is 18.0. The molecule has 10 bridgehead atoms. The molecule has 0 radical (unpaired) electrons. The third-order valence-corrected chi connectivity index (χ3v) is 17.8. The van der Waals surface area contributed by atoms with Crippen LogP contribution in [-0.2, 0) is 30.5 Å². The van der Waals surface area contributed by atoms with Crippen LogP contribution < -0.4 is 31.9 Å². The Bertz CT molecular complexity index is 3620. The molecule has 0 saturated heterocycles. The number of pyridine rings is 1. The van der Waals surface area contributed by atoms with E-state index in [0.717, 1.165) is 34.0 Å². The van der Waals surface area contributed by atoms with Crippen LogP contribution in [0.2, 0.25) is 0 Å². The summed E-state index contributed by atoms with van der Waals surface area (Å²) in [6, 6.07) is 9.37. The molecule has 80 heavy (non-hydrogen) atoms. The van der Waals surface area contributed by atoms with Crippen molar-refractivity contribution in [1.29, 1.82) is 0 Å². The van der Waals surface area contributed by atoms with Crippen molar-refractivity contribution in [2.75, 3.05) is 26.0 Å². The van der Waals surface area contributed by atoms with Gasteiger partial charge in [-0.15, -0.1) is 68.0 Å². The van der Waals surface area contributed by atoms with Gasteiger partial charge in [-0.25, -0.2) is 34.9 Å².